The molecular weight excluding hydrogens is 338 g/mol. The van der Waals surface area contributed by atoms with Crippen molar-refractivity contribution >= 4 is 35.2 Å². The summed E-state index contributed by atoms with van der Waals surface area (Å²) in [5.74, 6) is -1.53. The van der Waals surface area contributed by atoms with Crippen LogP contribution in [0.2, 0.25) is 5.02 Å². The topological polar surface area (TPSA) is 75.6 Å². The summed E-state index contributed by atoms with van der Waals surface area (Å²) < 4.78 is 5.33. The molecule has 1 aliphatic rings. The van der Waals surface area contributed by atoms with E-state index in [4.69, 9.17) is 16.3 Å². The van der Waals surface area contributed by atoms with Crippen molar-refractivity contribution in [2.24, 2.45) is 5.92 Å². The van der Waals surface area contributed by atoms with Crippen LogP contribution in [0, 0.1) is 5.92 Å². The van der Waals surface area contributed by atoms with Crippen molar-refractivity contribution in [1.82, 2.24) is 5.32 Å². The highest BCUT2D eigenvalue weighted by atomic mass is 35.5. The Morgan fingerprint density at radius 3 is 2.78 bits per heavy atom. The number of thioether (sulfide) groups is 1. The minimum atomic E-state index is -1.02. The number of ether oxygens (including phenoxy) is 1. The first-order chi connectivity index (χ1) is 11.0. The third-order valence-electron chi connectivity index (χ3n) is 3.74. The lowest BCUT2D eigenvalue weighted by Gasteiger charge is -2.28. The monoisotopic (exact) mass is 357 g/mol. The van der Waals surface area contributed by atoms with Crippen LogP contribution in [-0.2, 0) is 14.3 Å². The van der Waals surface area contributed by atoms with Gasteiger partial charge in [0.2, 0.25) is 5.91 Å². The Morgan fingerprint density at radius 2 is 2.17 bits per heavy atom. The minimum absolute atomic E-state index is 0.192. The number of benzene rings is 1. The Bertz CT molecular complexity index is 563. The largest absolute Gasteiger partial charge is 0.480 e. The van der Waals surface area contributed by atoms with Crippen molar-refractivity contribution in [2.75, 3.05) is 13.2 Å². The number of carbonyl (C=O) groups is 2. The van der Waals surface area contributed by atoms with Gasteiger partial charge in [-0.2, -0.15) is 0 Å². The molecular formula is C16H20ClNO4S. The number of carboxylic acids is 1. The third-order valence-corrected chi connectivity index (χ3v) is 5.36. The maximum atomic E-state index is 12.3. The van der Waals surface area contributed by atoms with Crippen LogP contribution in [0.4, 0.5) is 0 Å². The van der Waals surface area contributed by atoms with Gasteiger partial charge in [-0.3, -0.25) is 4.79 Å². The van der Waals surface area contributed by atoms with Crippen molar-refractivity contribution in [2.45, 2.75) is 36.0 Å². The number of carbonyl (C=O) groups excluding carboxylic acids is 1. The summed E-state index contributed by atoms with van der Waals surface area (Å²) >= 11 is 7.40. The summed E-state index contributed by atoms with van der Waals surface area (Å²) in [6, 6.07) is 6.34. The number of halogens is 1. The van der Waals surface area contributed by atoms with Gasteiger partial charge in [0, 0.05) is 17.4 Å². The summed E-state index contributed by atoms with van der Waals surface area (Å²) in [5, 5.41) is 12.2. The van der Waals surface area contributed by atoms with Gasteiger partial charge in [0.1, 0.15) is 6.04 Å². The van der Waals surface area contributed by atoms with Gasteiger partial charge in [-0.15, -0.1) is 11.8 Å². The second kappa shape index (κ2) is 8.57. The molecule has 0 aromatic heterocycles. The van der Waals surface area contributed by atoms with E-state index in [0.29, 0.717) is 18.2 Å². The van der Waals surface area contributed by atoms with Gasteiger partial charge >= 0.3 is 5.97 Å². The van der Waals surface area contributed by atoms with Gasteiger partial charge in [0.25, 0.3) is 0 Å². The molecule has 1 fully saturated rings. The van der Waals surface area contributed by atoms with Crippen LogP contribution in [0.15, 0.2) is 29.2 Å². The molecule has 2 N–H and O–H groups in total. The number of amides is 1. The molecule has 0 radical (unpaired) electrons. The molecule has 3 unspecified atom stereocenters. The molecule has 2 rings (SSSR count). The Kier molecular flexibility index (Phi) is 6.74. The van der Waals surface area contributed by atoms with Crippen LogP contribution in [0.1, 0.15) is 19.8 Å². The van der Waals surface area contributed by atoms with Gasteiger partial charge in [-0.25, -0.2) is 4.79 Å². The van der Waals surface area contributed by atoms with Crippen LogP contribution >= 0.6 is 23.4 Å². The molecule has 7 heteroatoms. The second-order valence-corrected chi connectivity index (χ2v) is 7.28. The molecule has 23 heavy (non-hydrogen) atoms. The normalized spacial score (nSPS) is 20.5. The maximum Gasteiger partial charge on any atom is 0.326 e. The maximum absolute atomic E-state index is 12.3. The number of aliphatic carboxylic acids is 1. The van der Waals surface area contributed by atoms with Crippen molar-refractivity contribution in [3.05, 3.63) is 29.3 Å². The lowest BCUT2D eigenvalue weighted by Crippen LogP contribution is -2.50. The molecule has 1 amide bonds. The van der Waals surface area contributed by atoms with E-state index in [1.165, 1.54) is 11.8 Å². The van der Waals surface area contributed by atoms with Crippen LogP contribution in [-0.4, -0.2) is 41.5 Å². The third kappa shape index (κ3) is 5.12. The number of rotatable bonds is 6. The van der Waals surface area contributed by atoms with Crippen LogP contribution in [0.5, 0.6) is 0 Å². The van der Waals surface area contributed by atoms with E-state index in [2.05, 4.69) is 5.32 Å². The number of carboxylic acid groups (broad SMARTS) is 1. The number of hydrogen-bond donors (Lipinski definition) is 2. The van der Waals surface area contributed by atoms with E-state index >= 15 is 0 Å². The Hall–Kier alpha value is -1.24. The fourth-order valence-corrected chi connectivity index (χ4v) is 3.63. The first-order valence-corrected chi connectivity index (χ1v) is 8.77. The molecule has 1 aromatic rings. The zero-order chi connectivity index (χ0) is 16.8. The quantitative estimate of drug-likeness (QED) is 0.766. The van der Waals surface area contributed by atoms with Crippen molar-refractivity contribution in [3.8, 4) is 0 Å². The highest BCUT2D eigenvalue weighted by Gasteiger charge is 2.32. The molecule has 0 spiro atoms. The molecule has 1 aliphatic heterocycles. The van der Waals surface area contributed by atoms with E-state index in [1.54, 1.807) is 13.0 Å². The fraction of sp³-hybridized carbons (Fsp3) is 0.500. The first kappa shape index (κ1) is 18.1. The summed E-state index contributed by atoms with van der Waals surface area (Å²) in [6.45, 7) is 2.75. The van der Waals surface area contributed by atoms with Crippen molar-refractivity contribution < 1.29 is 19.4 Å². The van der Waals surface area contributed by atoms with Gasteiger partial charge in [-0.05, 0) is 31.9 Å². The molecule has 126 valence electrons. The highest BCUT2D eigenvalue weighted by molar-refractivity contribution is 8.00. The van der Waals surface area contributed by atoms with Gasteiger partial charge < -0.3 is 15.2 Å². The Labute approximate surface area is 144 Å². The second-order valence-electron chi connectivity index (χ2n) is 5.49. The van der Waals surface area contributed by atoms with E-state index in [1.807, 2.05) is 18.2 Å². The lowest BCUT2D eigenvalue weighted by atomic mass is 9.93. The molecule has 3 atom stereocenters. The predicted octanol–water partition coefficient (Wildman–Crippen LogP) is 2.82. The lowest BCUT2D eigenvalue weighted by molar-refractivity contribution is -0.145. The van der Waals surface area contributed by atoms with E-state index < -0.39 is 17.3 Å². The van der Waals surface area contributed by atoms with Gasteiger partial charge in [0.05, 0.1) is 16.9 Å². The van der Waals surface area contributed by atoms with Crippen LogP contribution in [0.25, 0.3) is 0 Å². The summed E-state index contributed by atoms with van der Waals surface area (Å²) in [4.78, 5) is 24.6. The molecule has 5 nitrogen and oxygen atoms in total. The van der Waals surface area contributed by atoms with E-state index in [-0.39, 0.29) is 11.8 Å². The molecule has 1 aromatic carbocycles. The van der Waals surface area contributed by atoms with E-state index in [9.17, 15) is 14.7 Å². The highest BCUT2D eigenvalue weighted by Crippen LogP contribution is 2.30. The van der Waals surface area contributed by atoms with Gasteiger partial charge in [0.15, 0.2) is 0 Å². The predicted molar refractivity (Wildman–Crippen MR) is 89.9 cm³/mol. The van der Waals surface area contributed by atoms with Crippen LogP contribution < -0.4 is 5.32 Å². The Balaban J connectivity index is 1.97. The summed E-state index contributed by atoms with van der Waals surface area (Å²) in [5.41, 5.74) is 0. The molecule has 0 saturated carbocycles. The molecule has 1 heterocycles. The molecule has 1 saturated heterocycles. The fourth-order valence-electron chi connectivity index (χ4n) is 2.46. The number of nitrogens with one attached hydrogen (secondary N) is 1. The molecule has 0 bridgehead atoms. The van der Waals surface area contributed by atoms with Gasteiger partial charge in [-0.1, -0.05) is 23.7 Å². The summed E-state index contributed by atoms with van der Waals surface area (Å²) in [7, 11) is 0. The smallest absolute Gasteiger partial charge is 0.326 e. The van der Waals surface area contributed by atoms with Crippen LogP contribution in [0.3, 0.4) is 0 Å². The zero-order valence-electron chi connectivity index (χ0n) is 12.8. The van der Waals surface area contributed by atoms with E-state index in [0.717, 1.165) is 17.7 Å². The Morgan fingerprint density at radius 1 is 1.43 bits per heavy atom. The first-order valence-electron chi connectivity index (χ1n) is 7.51. The van der Waals surface area contributed by atoms with Crippen molar-refractivity contribution in [1.29, 1.82) is 0 Å². The van der Waals surface area contributed by atoms with Crippen molar-refractivity contribution in [3.63, 3.8) is 0 Å². The standard InChI is InChI=1S/C16H20ClNO4S/c1-10(23-13-7-3-2-6-12(13)17)15(19)18-14(16(20)21)11-5-4-8-22-9-11/h2-3,6-7,10-11,14H,4-5,8-9H2,1H3,(H,18,19)(H,20,21). The summed E-state index contributed by atoms with van der Waals surface area (Å²) in [6.07, 6.45) is 1.55. The zero-order valence-corrected chi connectivity index (χ0v) is 14.4. The molecule has 0 aliphatic carbocycles. The average Bonchev–Trinajstić information content (AvgIpc) is 2.55. The average molecular weight is 358 g/mol. The minimum Gasteiger partial charge on any atom is -0.480 e. The SMILES string of the molecule is CC(Sc1ccccc1Cl)C(=O)NC(C(=O)O)C1CCCOC1. The number of hydrogen-bond acceptors (Lipinski definition) is 4.